The summed E-state index contributed by atoms with van der Waals surface area (Å²) < 4.78 is 5.60. The van der Waals surface area contributed by atoms with E-state index in [1.165, 1.54) is 0 Å². The molecular weight excluding hydrogens is 268 g/mol. The Labute approximate surface area is 127 Å². The van der Waals surface area contributed by atoms with Gasteiger partial charge in [0.15, 0.2) is 0 Å². The summed E-state index contributed by atoms with van der Waals surface area (Å²) in [6, 6.07) is -0.549. The lowest BCUT2D eigenvalue weighted by atomic mass is 9.96. The number of amides is 2. The first-order chi connectivity index (χ1) is 9.93. The average Bonchev–Trinajstić information content (AvgIpc) is 2.89. The summed E-state index contributed by atoms with van der Waals surface area (Å²) in [4.78, 5) is 28.9. The van der Waals surface area contributed by atoms with Gasteiger partial charge in [-0.2, -0.15) is 0 Å². The zero-order valence-corrected chi connectivity index (χ0v) is 13.7. The van der Waals surface area contributed by atoms with Crippen LogP contribution >= 0.6 is 0 Å². The first kappa shape index (κ1) is 16.3. The van der Waals surface area contributed by atoms with Crippen molar-refractivity contribution >= 4 is 11.8 Å². The SMILES string of the molecule is CC(C)COCCN1C(=O)C2CCCN2C(=O)C1C(C)C. The van der Waals surface area contributed by atoms with Crippen molar-refractivity contribution in [1.82, 2.24) is 9.80 Å². The number of ether oxygens (including phenoxy) is 1. The third kappa shape index (κ3) is 3.39. The third-order valence-corrected chi connectivity index (χ3v) is 4.25. The average molecular weight is 296 g/mol. The number of hydrogen-bond acceptors (Lipinski definition) is 3. The van der Waals surface area contributed by atoms with Crippen LogP contribution in [0.25, 0.3) is 0 Å². The predicted molar refractivity (Wildman–Crippen MR) is 80.7 cm³/mol. The Morgan fingerprint density at radius 3 is 2.52 bits per heavy atom. The molecule has 5 heteroatoms. The van der Waals surface area contributed by atoms with E-state index in [2.05, 4.69) is 13.8 Å². The van der Waals surface area contributed by atoms with E-state index in [1.807, 2.05) is 13.8 Å². The first-order valence-corrected chi connectivity index (χ1v) is 8.12. The summed E-state index contributed by atoms with van der Waals surface area (Å²) in [5.74, 6) is 0.845. The van der Waals surface area contributed by atoms with Gasteiger partial charge in [-0.25, -0.2) is 0 Å². The molecule has 0 saturated carbocycles. The van der Waals surface area contributed by atoms with E-state index < -0.39 is 0 Å². The minimum Gasteiger partial charge on any atom is -0.379 e. The highest BCUT2D eigenvalue weighted by molar-refractivity contribution is 5.97. The van der Waals surface area contributed by atoms with Crippen LogP contribution in [0.3, 0.4) is 0 Å². The van der Waals surface area contributed by atoms with Crippen LogP contribution in [0.1, 0.15) is 40.5 Å². The van der Waals surface area contributed by atoms with Crippen LogP contribution in [-0.4, -0.2) is 60.0 Å². The summed E-state index contributed by atoms with van der Waals surface area (Å²) in [5.41, 5.74) is 0. The third-order valence-electron chi connectivity index (χ3n) is 4.25. The summed E-state index contributed by atoms with van der Waals surface area (Å²) in [6.45, 7) is 10.7. The van der Waals surface area contributed by atoms with Gasteiger partial charge in [-0.05, 0) is 24.7 Å². The molecule has 0 radical (unpaired) electrons. The predicted octanol–water partition coefficient (Wildman–Crippen LogP) is 1.52. The highest BCUT2D eigenvalue weighted by atomic mass is 16.5. The number of carbonyl (C=O) groups is 2. The molecule has 2 heterocycles. The van der Waals surface area contributed by atoms with Crippen molar-refractivity contribution in [3.8, 4) is 0 Å². The number of hydrogen-bond donors (Lipinski definition) is 0. The zero-order chi connectivity index (χ0) is 15.6. The molecule has 0 bridgehead atoms. The van der Waals surface area contributed by atoms with E-state index in [1.54, 1.807) is 9.80 Å². The van der Waals surface area contributed by atoms with Crippen molar-refractivity contribution in [3.63, 3.8) is 0 Å². The summed E-state index contributed by atoms with van der Waals surface area (Å²) in [5, 5.41) is 0. The zero-order valence-electron chi connectivity index (χ0n) is 13.7. The molecule has 0 aliphatic carbocycles. The van der Waals surface area contributed by atoms with Crippen LogP contribution < -0.4 is 0 Å². The standard InChI is InChI=1S/C16H28N2O3/c1-11(2)10-21-9-8-18-14(12(3)4)16(20)17-7-5-6-13(17)15(18)19/h11-14H,5-10H2,1-4H3. The highest BCUT2D eigenvalue weighted by Crippen LogP contribution is 2.29. The Morgan fingerprint density at radius 1 is 1.19 bits per heavy atom. The molecule has 0 aromatic carbocycles. The van der Waals surface area contributed by atoms with Crippen molar-refractivity contribution in [2.75, 3.05) is 26.3 Å². The Bertz CT molecular complexity index is 395. The van der Waals surface area contributed by atoms with E-state index >= 15 is 0 Å². The molecule has 0 aromatic heterocycles. The monoisotopic (exact) mass is 296 g/mol. The molecule has 2 rings (SSSR count). The molecule has 0 spiro atoms. The van der Waals surface area contributed by atoms with Gasteiger partial charge in [-0.15, -0.1) is 0 Å². The van der Waals surface area contributed by atoms with E-state index in [-0.39, 0.29) is 29.8 Å². The van der Waals surface area contributed by atoms with E-state index in [0.29, 0.717) is 25.7 Å². The fourth-order valence-corrected chi connectivity index (χ4v) is 3.30. The van der Waals surface area contributed by atoms with Crippen molar-refractivity contribution in [2.45, 2.75) is 52.6 Å². The maximum absolute atomic E-state index is 12.7. The second-order valence-corrected chi connectivity index (χ2v) is 6.88. The molecule has 2 atom stereocenters. The van der Waals surface area contributed by atoms with Crippen molar-refractivity contribution in [1.29, 1.82) is 0 Å². The van der Waals surface area contributed by atoms with Gasteiger partial charge in [0.1, 0.15) is 12.1 Å². The first-order valence-electron chi connectivity index (χ1n) is 8.12. The molecule has 2 aliphatic rings. The summed E-state index contributed by atoms with van der Waals surface area (Å²) in [7, 11) is 0. The minimum absolute atomic E-state index is 0.110. The van der Waals surface area contributed by atoms with Crippen molar-refractivity contribution in [3.05, 3.63) is 0 Å². The maximum atomic E-state index is 12.7. The molecule has 0 N–H and O–H groups in total. The van der Waals surface area contributed by atoms with E-state index in [9.17, 15) is 9.59 Å². The number of piperazine rings is 1. The Morgan fingerprint density at radius 2 is 1.90 bits per heavy atom. The van der Waals surface area contributed by atoms with E-state index in [4.69, 9.17) is 4.74 Å². The molecular formula is C16H28N2O3. The molecule has 120 valence electrons. The molecule has 2 saturated heterocycles. The fourth-order valence-electron chi connectivity index (χ4n) is 3.30. The smallest absolute Gasteiger partial charge is 0.246 e. The van der Waals surface area contributed by atoms with Crippen molar-refractivity contribution in [2.24, 2.45) is 11.8 Å². The Kier molecular flexibility index (Phi) is 5.25. The van der Waals surface area contributed by atoms with Gasteiger partial charge >= 0.3 is 0 Å². The fraction of sp³-hybridized carbons (Fsp3) is 0.875. The maximum Gasteiger partial charge on any atom is 0.246 e. The number of carbonyl (C=O) groups excluding carboxylic acids is 2. The molecule has 2 fully saturated rings. The highest BCUT2D eigenvalue weighted by Gasteiger charge is 2.48. The quantitative estimate of drug-likeness (QED) is 0.698. The van der Waals surface area contributed by atoms with Gasteiger partial charge in [0.2, 0.25) is 11.8 Å². The van der Waals surface area contributed by atoms with Gasteiger partial charge in [-0.3, -0.25) is 9.59 Å². The number of nitrogens with zero attached hydrogens (tertiary/aromatic N) is 2. The van der Waals surface area contributed by atoms with E-state index in [0.717, 1.165) is 19.4 Å². The van der Waals surface area contributed by atoms with Gasteiger partial charge in [-0.1, -0.05) is 27.7 Å². The number of fused-ring (bicyclic) bond motifs is 1. The lowest BCUT2D eigenvalue weighted by Crippen LogP contribution is -2.64. The largest absolute Gasteiger partial charge is 0.379 e. The second-order valence-electron chi connectivity index (χ2n) is 6.88. The Hall–Kier alpha value is -1.10. The minimum atomic E-state index is -0.325. The van der Waals surface area contributed by atoms with Gasteiger partial charge < -0.3 is 14.5 Å². The topological polar surface area (TPSA) is 49.9 Å². The van der Waals surface area contributed by atoms with Crippen LogP contribution in [0.4, 0.5) is 0 Å². The molecule has 5 nitrogen and oxygen atoms in total. The second kappa shape index (κ2) is 6.77. The van der Waals surface area contributed by atoms with Crippen LogP contribution in [0, 0.1) is 11.8 Å². The van der Waals surface area contributed by atoms with Gasteiger partial charge in [0, 0.05) is 19.7 Å². The van der Waals surface area contributed by atoms with Gasteiger partial charge in [0.05, 0.1) is 6.61 Å². The lowest BCUT2D eigenvalue weighted by molar-refractivity contribution is -0.162. The van der Waals surface area contributed by atoms with Crippen molar-refractivity contribution < 1.29 is 14.3 Å². The van der Waals surface area contributed by atoms with Gasteiger partial charge in [0.25, 0.3) is 0 Å². The number of rotatable bonds is 6. The van der Waals surface area contributed by atoms with Crippen LogP contribution in [0.5, 0.6) is 0 Å². The summed E-state index contributed by atoms with van der Waals surface area (Å²) in [6.07, 6.45) is 1.74. The normalized spacial score (nSPS) is 26.2. The lowest BCUT2D eigenvalue weighted by Gasteiger charge is -2.44. The molecule has 2 amide bonds. The Balaban J connectivity index is 2.04. The molecule has 0 aromatic rings. The van der Waals surface area contributed by atoms with Crippen LogP contribution in [0.15, 0.2) is 0 Å². The van der Waals surface area contributed by atoms with Crippen LogP contribution in [0.2, 0.25) is 0 Å². The van der Waals surface area contributed by atoms with Crippen LogP contribution in [-0.2, 0) is 14.3 Å². The molecule has 21 heavy (non-hydrogen) atoms. The molecule has 2 aliphatic heterocycles. The summed E-state index contributed by atoms with van der Waals surface area (Å²) >= 11 is 0. The molecule has 2 unspecified atom stereocenters.